The van der Waals surface area contributed by atoms with E-state index in [2.05, 4.69) is 21.5 Å². The van der Waals surface area contributed by atoms with Crippen LogP contribution in [-0.2, 0) is 6.42 Å². The van der Waals surface area contributed by atoms with Gasteiger partial charge in [-0.25, -0.2) is 0 Å². The van der Waals surface area contributed by atoms with E-state index in [1.54, 1.807) is 12.1 Å². The number of hydrogen-bond acceptors (Lipinski definition) is 5. The van der Waals surface area contributed by atoms with Crippen LogP contribution in [0.4, 0.5) is 5.69 Å². The first kappa shape index (κ1) is 15.3. The molecule has 0 bridgehead atoms. The van der Waals surface area contributed by atoms with Crippen molar-refractivity contribution in [2.24, 2.45) is 0 Å². The van der Waals surface area contributed by atoms with Gasteiger partial charge in [0, 0.05) is 23.9 Å². The molecule has 2 aromatic rings. The Bertz CT molecular complexity index is 645. The number of nitriles is 1. The molecule has 0 atom stereocenters. The Kier molecular flexibility index (Phi) is 5.18. The molecule has 6 heteroatoms. The maximum atomic E-state index is 9.05. The van der Waals surface area contributed by atoms with E-state index in [-0.39, 0.29) is 5.92 Å². The van der Waals surface area contributed by atoms with Crippen molar-refractivity contribution in [3.8, 4) is 6.07 Å². The molecule has 0 aliphatic carbocycles. The smallest absolute Gasteiger partial charge is 0.226 e. The molecule has 110 valence electrons. The quantitative estimate of drug-likeness (QED) is 0.822. The Hall–Kier alpha value is -2.06. The molecule has 0 fully saturated rings. The molecular formula is C15H17ClN4O. The van der Waals surface area contributed by atoms with Crippen molar-refractivity contribution in [3.05, 3.63) is 40.5 Å². The van der Waals surface area contributed by atoms with Gasteiger partial charge in [0.05, 0.1) is 11.3 Å². The maximum Gasteiger partial charge on any atom is 0.226 e. The monoisotopic (exact) mass is 304 g/mol. The average molecular weight is 305 g/mol. The molecule has 1 aromatic heterocycles. The number of halogens is 1. The van der Waals surface area contributed by atoms with Crippen LogP contribution in [0.1, 0.15) is 43.5 Å². The summed E-state index contributed by atoms with van der Waals surface area (Å²) in [5.74, 6) is 1.66. The summed E-state index contributed by atoms with van der Waals surface area (Å²) in [5.41, 5.74) is 1.33. The second-order valence-corrected chi connectivity index (χ2v) is 5.47. The summed E-state index contributed by atoms with van der Waals surface area (Å²) in [5, 5.41) is 16.8. The van der Waals surface area contributed by atoms with Crippen LogP contribution in [0.2, 0.25) is 5.02 Å². The number of aryl methyl sites for hydroxylation is 1. The number of anilines is 1. The Morgan fingerprint density at radius 2 is 2.24 bits per heavy atom. The van der Waals surface area contributed by atoms with Crippen molar-refractivity contribution in [2.45, 2.75) is 32.6 Å². The van der Waals surface area contributed by atoms with Crippen molar-refractivity contribution >= 4 is 17.3 Å². The normalized spacial score (nSPS) is 10.6. The Balaban J connectivity index is 1.83. The first-order valence-electron chi connectivity index (χ1n) is 6.86. The van der Waals surface area contributed by atoms with Crippen LogP contribution >= 0.6 is 11.6 Å². The van der Waals surface area contributed by atoms with Crippen LogP contribution in [0.15, 0.2) is 22.7 Å². The number of nitrogens with zero attached hydrogens (tertiary/aromatic N) is 3. The van der Waals surface area contributed by atoms with Gasteiger partial charge >= 0.3 is 0 Å². The van der Waals surface area contributed by atoms with Crippen LogP contribution in [0.5, 0.6) is 0 Å². The largest absolute Gasteiger partial charge is 0.384 e. The number of benzene rings is 1. The third-order valence-electron chi connectivity index (χ3n) is 2.99. The molecule has 0 aliphatic heterocycles. The predicted octanol–water partition coefficient (Wildman–Crippen LogP) is 3.76. The van der Waals surface area contributed by atoms with Crippen LogP contribution in [0.25, 0.3) is 0 Å². The topological polar surface area (TPSA) is 74.7 Å². The van der Waals surface area contributed by atoms with Gasteiger partial charge in [-0.1, -0.05) is 30.6 Å². The van der Waals surface area contributed by atoms with Crippen LogP contribution in [0, 0.1) is 11.3 Å². The zero-order chi connectivity index (χ0) is 15.2. The van der Waals surface area contributed by atoms with E-state index in [9.17, 15) is 0 Å². The first-order chi connectivity index (χ1) is 10.1. The molecule has 0 saturated carbocycles. The highest BCUT2D eigenvalue weighted by Gasteiger charge is 2.09. The molecule has 0 amide bonds. The first-order valence-corrected chi connectivity index (χ1v) is 7.24. The van der Waals surface area contributed by atoms with Crippen LogP contribution in [-0.4, -0.2) is 16.7 Å². The predicted molar refractivity (Wildman–Crippen MR) is 81.4 cm³/mol. The lowest BCUT2D eigenvalue weighted by Gasteiger charge is -2.07. The molecule has 2 rings (SSSR count). The Labute approximate surface area is 128 Å². The van der Waals surface area contributed by atoms with Crippen molar-refractivity contribution in [2.75, 3.05) is 11.9 Å². The second-order valence-electron chi connectivity index (χ2n) is 5.03. The summed E-state index contributed by atoms with van der Waals surface area (Å²) in [6.45, 7) is 4.77. The van der Waals surface area contributed by atoms with E-state index in [0.29, 0.717) is 22.9 Å². The standard InChI is InChI=1S/C15H17ClN4O/c1-10(2)15-19-14(21-20-15)4-3-7-18-13-6-5-12(16)8-11(13)9-17/h5-6,8,10,18H,3-4,7H2,1-2H3. The van der Waals surface area contributed by atoms with Crippen molar-refractivity contribution < 1.29 is 4.52 Å². The summed E-state index contributed by atoms with van der Waals surface area (Å²) in [4.78, 5) is 4.32. The molecule has 1 heterocycles. The van der Waals surface area contributed by atoms with E-state index in [1.165, 1.54) is 0 Å². The lowest BCUT2D eigenvalue weighted by Crippen LogP contribution is -2.04. The minimum Gasteiger partial charge on any atom is -0.384 e. The molecule has 0 saturated heterocycles. The third kappa shape index (κ3) is 4.20. The van der Waals surface area contributed by atoms with Crippen molar-refractivity contribution in [3.63, 3.8) is 0 Å². The van der Waals surface area contributed by atoms with Gasteiger partial charge in [0.25, 0.3) is 0 Å². The van der Waals surface area contributed by atoms with Gasteiger partial charge in [-0.05, 0) is 24.6 Å². The molecule has 0 radical (unpaired) electrons. The molecule has 21 heavy (non-hydrogen) atoms. The van der Waals surface area contributed by atoms with Gasteiger partial charge in [0.15, 0.2) is 5.82 Å². The van der Waals surface area contributed by atoms with E-state index in [1.807, 2.05) is 19.9 Å². The summed E-state index contributed by atoms with van der Waals surface area (Å²) in [6, 6.07) is 7.34. The highest BCUT2D eigenvalue weighted by molar-refractivity contribution is 6.30. The van der Waals surface area contributed by atoms with Gasteiger partial charge in [0.2, 0.25) is 5.89 Å². The van der Waals surface area contributed by atoms with Crippen LogP contribution in [0.3, 0.4) is 0 Å². The van der Waals surface area contributed by atoms with Gasteiger partial charge < -0.3 is 9.84 Å². The molecule has 0 unspecified atom stereocenters. The fourth-order valence-corrected chi connectivity index (χ4v) is 2.00. The fraction of sp³-hybridized carbons (Fsp3) is 0.400. The van der Waals surface area contributed by atoms with E-state index >= 15 is 0 Å². The summed E-state index contributed by atoms with van der Waals surface area (Å²) >= 11 is 5.86. The summed E-state index contributed by atoms with van der Waals surface area (Å²) < 4.78 is 5.18. The Morgan fingerprint density at radius 3 is 2.90 bits per heavy atom. The summed E-state index contributed by atoms with van der Waals surface area (Å²) in [6.07, 6.45) is 1.55. The number of hydrogen-bond donors (Lipinski definition) is 1. The highest BCUT2D eigenvalue weighted by Crippen LogP contribution is 2.19. The summed E-state index contributed by atoms with van der Waals surface area (Å²) in [7, 11) is 0. The number of aromatic nitrogens is 2. The van der Waals surface area contributed by atoms with Crippen molar-refractivity contribution in [1.29, 1.82) is 5.26 Å². The van der Waals surface area contributed by atoms with E-state index in [0.717, 1.165) is 24.5 Å². The van der Waals surface area contributed by atoms with Gasteiger partial charge in [-0.2, -0.15) is 10.2 Å². The molecular weight excluding hydrogens is 288 g/mol. The molecule has 0 spiro atoms. The molecule has 0 aliphatic rings. The fourth-order valence-electron chi connectivity index (χ4n) is 1.83. The zero-order valence-electron chi connectivity index (χ0n) is 12.1. The zero-order valence-corrected chi connectivity index (χ0v) is 12.8. The molecule has 1 N–H and O–H groups in total. The van der Waals surface area contributed by atoms with Crippen molar-refractivity contribution in [1.82, 2.24) is 10.1 Å². The number of nitrogens with one attached hydrogen (secondary N) is 1. The minimum absolute atomic E-state index is 0.271. The number of rotatable bonds is 6. The second kappa shape index (κ2) is 7.09. The van der Waals surface area contributed by atoms with E-state index < -0.39 is 0 Å². The SMILES string of the molecule is CC(C)c1noc(CCCNc2ccc(Cl)cc2C#N)n1. The lowest BCUT2D eigenvalue weighted by atomic mass is 10.2. The molecule has 1 aromatic carbocycles. The Morgan fingerprint density at radius 1 is 1.43 bits per heavy atom. The highest BCUT2D eigenvalue weighted by atomic mass is 35.5. The lowest BCUT2D eigenvalue weighted by molar-refractivity contribution is 0.369. The van der Waals surface area contributed by atoms with Gasteiger partial charge in [0.1, 0.15) is 6.07 Å². The minimum atomic E-state index is 0.271. The third-order valence-corrected chi connectivity index (χ3v) is 3.22. The van der Waals surface area contributed by atoms with E-state index in [4.69, 9.17) is 21.4 Å². The average Bonchev–Trinajstić information content (AvgIpc) is 2.93. The molecule has 5 nitrogen and oxygen atoms in total. The van der Waals surface area contributed by atoms with Gasteiger partial charge in [-0.15, -0.1) is 0 Å². The maximum absolute atomic E-state index is 9.05. The van der Waals surface area contributed by atoms with Crippen LogP contribution < -0.4 is 5.32 Å². The van der Waals surface area contributed by atoms with Gasteiger partial charge in [-0.3, -0.25) is 0 Å².